The molecule has 1 atom stereocenters. The number of rotatable bonds is 5. The summed E-state index contributed by atoms with van der Waals surface area (Å²) in [6.07, 6.45) is 2.33. The molecule has 1 aliphatic rings. The Hall–Kier alpha value is -1.86. The molecule has 2 rings (SSSR count). The average Bonchev–Trinajstić information content (AvgIpc) is 2.55. The maximum atomic E-state index is 12.4. The molecule has 22 heavy (non-hydrogen) atoms. The van der Waals surface area contributed by atoms with Gasteiger partial charge in [-0.05, 0) is 37.9 Å². The Bertz CT molecular complexity index is 527. The monoisotopic (exact) mass is 299 g/mol. The number of hydrogen-bond donors (Lipinski definition) is 1. The summed E-state index contributed by atoms with van der Waals surface area (Å²) in [4.78, 5) is 14.8. The number of carbonyl (C=O) groups excluding carboxylic acids is 1. The van der Waals surface area contributed by atoms with E-state index in [4.69, 9.17) is 5.26 Å². The molecule has 0 radical (unpaired) electrons. The van der Waals surface area contributed by atoms with Crippen LogP contribution in [0, 0.1) is 16.7 Å². The number of piperidine rings is 1. The second-order valence-corrected chi connectivity index (χ2v) is 6.39. The maximum Gasteiger partial charge on any atom is 0.227 e. The molecular formula is C18H25N3O. The number of amides is 1. The molecule has 1 aromatic rings. The van der Waals surface area contributed by atoms with Crippen molar-refractivity contribution >= 4 is 5.91 Å². The van der Waals surface area contributed by atoms with Crippen molar-refractivity contribution in [1.29, 1.82) is 5.26 Å². The summed E-state index contributed by atoms with van der Waals surface area (Å²) >= 11 is 0. The van der Waals surface area contributed by atoms with E-state index in [0.717, 1.165) is 32.5 Å². The fourth-order valence-corrected chi connectivity index (χ4v) is 2.83. The van der Waals surface area contributed by atoms with Crippen LogP contribution in [0.3, 0.4) is 0 Å². The van der Waals surface area contributed by atoms with E-state index in [1.54, 1.807) is 0 Å². The van der Waals surface area contributed by atoms with Crippen LogP contribution in [0.15, 0.2) is 30.3 Å². The van der Waals surface area contributed by atoms with Crippen molar-refractivity contribution in [3.05, 3.63) is 35.9 Å². The van der Waals surface area contributed by atoms with Gasteiger partial charge >= 0.3 is 0 Å². The predicted molar refractivity (Wildman–Crippen MR) is 86.9 cm³/mol. The largest absolute Gasteiger partial charge is 0.340 e. The molecule has 1 fully saturated rings. The molecule has 1 aromatic carbocycles. The molecule has 1 saturated heterocycles. The van der Waals surface area contributed by atoms with E-state index in [9.17, 15) is 4.79 Å². The first-order valence-electron chi connectivity index (χ1n) is 8.04. The zero-order chi connectivity index (χ0) is 16.0. The Kier molecular flexibility index (Phi) is 5.57. The van der Waals surface area contributed by atoms with Crippen LogP contribution in [0.5, 0.6) is 0 Å². The Morgan fingerprint density at radius 2 is 2.00 bits per heavy atom. The van der Waals surface area contributed by atoms with Crippen molar-refractivity contribution in [2.45, 2.75) is 45.7 Å². The minimum Gasteiger partial charge on any atom is -0.340 e. The van der Waals surface area contributed by atoms with Crippen molar-refractivity contribution in [2.75, 3.05) is 13.1 Å². The molecule has 1 aliphatic heterocycles. The second-order valence-electron chi connectivity index (χ2n) is 6.39. The van der Waals surface area contributed by atoms with Crippen molar-refractivity contribution in [1.82, 2.24) is 10.2 Å². The molecule has 0 aromatic heterocycles. The molecule has 4 nitrogen and oxygen atoms in total. The molecule has 0 aliphatic carbocycles. The number of benzene rings is 1. The SMILES string of the molecule is CCC(C#N)NC(=O)C1(C)CCN(Cc2ccccc2)CC1. The molecule has 1 amide bonds. The van der Waals surface area contributed by atoms with Gasteiger partial charge in [-0.15, -0.1) is 0 Å². The molecule has 1 unspecified atom stereocenters. The first kappa shape index (κ1) is 16.5. The van der Waals surface area contributed by atoms with Crippen LogP contribution in [-0.2, 0) is 11.3 Å². The van der Waals surface area contributed by atoms with Gasteiger partial charge in [0.1, 0.15) is 6.04 Å². The van der Waals surface area contributed by atoms with E-state index >= 15 is 0 Å². The zero-order valence-electron chi connectivity index (χ0n) is 13.5. The third kappa shape index (κ3) is 4.08. The van der Waals surface area contributed by atoms with Crippen LogP contribution in [0.1, 0.15) is 38.7 Å². The third-order valence-corrected chi connectivity index (χ3v) is 4.63. The van der Waals surface area contributed by atoms with Crippen LogP contribution in [-0.4, -0.2) is 29.9 Å². The Labute approximate surface area is 133 Å². The summed E-state index contributed by atoms with van der Waals surface area (Å²) in [7, 11) is 0. The topological polar surface area (TPSA) is 56.1 Å². The summed E-state index contributed by atoms with van der Waals surface area (Å²) in [5.41, 5.74) is 0.961. The number of hydrogen-bond acceptors (Lipinski definition) is 3. The minimum atomic E-state index is -0.369. The van der Waals surface area contributed by atoms with Gasteiger partial charge in [-0.3, -0.25) is 9.69 Å². The summed E-state index contributed by atoms with van der Waals surface area (Å²) in [6.45, 7) is 6.71. The van der Waals surface area contributed by atoms with Crippen molar-refractivity contribution in [3.8, 4) is 6.07 Å². The lowest BCUT2D eigenvalue weighted by Crippen LogP contribution is -2.49. The first-order chi connectivity index (χ1) is 10.6. The van der Waals surface area contributed by atoms with E-state index < -0.39 is 0 Å². The first-order valence-corrected chi connectivity index (χ1v) is 8.04. The number of nitriles is 1. The Morgan fingerprint density at radius 1 is 1.36 bits per heavy atom. The van der Waals surface area contributed by atoms with Crippen LogP contribution in [0.25, 0.3) is 0 Å². The van der Waals surface area contributed by atoms with E-state index in [0.29, 0.717) is 6.42 Å². The smallest absolute Gasteiger partial charge is 0.227 e. The minimum absolute atomic E-state index is 0.0280. The number of likely N-dealkylation sites (tertiary alicyclic amines) is 1. The summed E-state index contributed by atoms with van der Waals surface area (Å²) < 4.78 is 0. The molecular weight excluding hydrogens is 274 g/mol. The summed E-state index contributed by atoms with van der Waals surface area (Å²) in [6, 6.07) is 12.2. The number of nitrogens with zero attached hydrogens (tertiary/aromatic N) is 2. The Morgan fingerprint density at radius 3 is 2.55 bits per heavy atom. The molecule has 0 spiro atoms. The third-order valence-electron chi connectivity index (χ3n) is 4.63. The molecule has 1 N–H and O–H groups in total. The lowest BCUT2D eigenvalue weighted by Gasteiger charge is -2.38. The summed E-state index contributed by atoms with van der Waals surface area (Å²) in [5.74, 6) is 0.0280. The van der Waals surface area contributed by atoms with Gasteiger partial charge in [-0.1, -0.05) is 44.2 Å². The van der Waals surface area contributed by atoms with Crippen LogP contribution >= 0.6 is 0 Å². The predicted octanol–water partition coefficient (Wildman–Crippen LogP) is 2.71. The van der Waals surface area contributed by atoms with E-state index in [-0.39, 0.29) is 17.4 Å². The van der Waals surface area contributed by atoms with Crippen LogP contribution in [0.4, 0.5) is 0 Å². The normalized spacial score (nSPS) is 19.1. The fraction of sp³-hybridized carbons (Fsp3) is 0.556. The van der Waals surface area contributed by atoms with E-state index in [1.165, 1.54) is 5.56 Å². The van der Waals surface area contributed by atoms with Gasteiger partial charge in [-0.25, -0.2) is 0 Å². The lowest BCUT2D eigenvalue weighted by molar-refractivity contribution is -0.133. The van der Waals surface area contributed by atoms with E-state index in [1.807, 2.05) is 19.9 Å². The molecule has 0 saturated carbocycles. The molecule has 1 heterocycles. The zero-order valence-corrected chi connectivity index (χ0v) is 13.5. The highest BCUT2D eigenvalue weighted by Crippen LogP contribution is 2.31. The highest BCUT2D eigenvalue weighted by Gasteiger charge is 2.37. The van der Waals surface area contributed by atoms with Crippen LogP contribution < -0.4 is 5.32 Å². The van der Waals surface area contributed by atoms with Crippen molar-refractivity contribution < 1.29 is 4.79 Å². The Balaban J connectivity index is 1.87. The second kappa shape index (κ2) is 7.42. The molecule has 4 heteroatoms. The van der Waals surface area contributed by atoms with Gasteiger partial charge in [-0.2, -0.15) is 5.26 Å². The maximum absolute atomic E-state index is 12.4. The average molecular weight is 299 g/mol. The van der Waals surface area contributed by atoms with Crippen molar-refractivity contribution in [3.63, 3.8) is 0 Å². The van der Waals surface area contributed by atoms with E-state index in [2.05, 4.69) is 40.6 Å². The van der Waals surface area contributed by atoms with Crippen molar-refractivity contribution in [2.24, 2.45) is 5.41 Å². The fourth-order valence-electron chi connectivity index (χ4n) is 2.83. The van der Waals surface area contributed by atoms with Gasteiger partial charge in [0.15, 0.2) is 0 Å². The number of carbonyl (C=O) groups is 1. The number of nitrogens with one attached hydrogen (secondary N) is 1. The van der Waals surface area contributed by atoms with Gasteiger partial charge in [0, 0.05) is 12.0 Å². The standard InChI is InChI=1S/C18H25N3O/c1-3-16(13-19)20-17(22)18(2)9-11-21(12-10-18)14-15-7-5-4-6-8-15/h4-8,16H,3,9-12,14H2,1-2H3,(H,20,22). The molecule has 118 valence electrons. The van der Waals surface area contributed by atoms with Gasteiger partial charge in [0.2, 0.25) is 5.91 Å². The quantitative estimate of drug-likeness (QED) is 0.909. The lowest BCUT2D eigenvalue weighted by atomic mass is 9.79. The highest BCUT2D eigenvalue weighted by molar-refractivity contribution is 5.82. The highest BCUT2D eigenvalue weighted by atomic mass is 16.2. The van der Waals surface area contributed by atoms with Gasteiger partial charge in [0.25, 0.3) is 0 Å². The summed E-state index contributed by atoms with van der Waals surface area (Å²) in [5, 5.41) is 11.9. The van der Waals surface area contributed by atoms with Crippen LogP contribution in [0.2, 0.25) is 0 Å². The van der Waals surface area contributed by atoms with Gasteiger partial charge in [0.05, 0.1) is 6.07 Å². The molecule has 0 bridgehead atoms. The van der Waals surface area contributed by atoms with Gasteiger partial charge < -0.3 is 5.32 Å².